The molecule has 2 amide bonds. The minimum Gasteiger partial charge on any atom is -0.484 e. The fourth-order valence-electron chi connectivity index (χ4n) is 4.04. The van der Waals surface area contributed by atoms with E-state index in [1.54, 1.807) is 12.1 Å². The Bertz CT molecular complexity index is 980. The molecule has 0 unspecified atom stereocenters. The Kier molecular flexibility index (Phi) is 7.77. The van der Waals surface area contributed by atoms with Gasteiger partial charge in [0.2, 0.25) is 5.91 Å². The molecule has 33 heavy (non-hydrogen) atoms. The first-order valence-electron chi connectivity index (χ1n) is 11.6. The summed E-state index contributed by atoms with van der Waals surface area (Å²) in [5, 5.41) is 2.87. The summed E-state index contributed by atoms with van der Waals surface area (Å²) in [5.74, 6) is 0.661. The number of nitrogens with zero attached hydrogens (tertiary/aromatic N) is 1. The molecule has 1 aliphatic rings. The topological polar surface area (TPSA) is 58.6 Å². The second-order valence-corrected chi connectivity index (χ2v) is 10.1. The van der Waals surface area contributed by atoms with E-state index in [-0.39, 0.29) is 30.3 Å². The predicted molar refractivity (Wildman–Crippen MR) is 128 cm³/mol. The van der Waals surface area contributed by atoms with Gasteiger partial charge in [-0.15, -0.1) is 0 Å². The van der Waals surface area contributed by atoms with Crippen molar-refractivity contribution in [3.05, 3.63) is 65.0 Å². The first-order valence-corrected chi connectivity index (χ1v) is 11.6. The molecule has 0 spiro atoms. The highest BCUT2D eigenvalue weighted by atomic mass is 19.1. The molecule has 0 bridgehead atoms. The van der Waals surface area contributed by atoms with Gasteiger partial charge in [-0.25, -0.2) is 4.39 Å². The van der Waals surface area contributed by atoms with Gasteiger partial charge >= 0.3 is 0 Å². The first kappa shape index (κ1) is 24.7. The fraction of sp³-hybridized carbons (Fsp3) is 0.481. The van der Waals surface area contributed by atoms with Crippen LogP contribution in [0.3, 0.4) is 0 Å². The highest BCUT2D eigenvalue weighted by Gasteiger charge is 2.37. The van der Waals surface area contributed by atoms with Crippen molar-refractivity contribution in [1.29, 1.82) is 0 Å². The van der Waals surface area contributed by atoms with Gasteiger partial charge in [0.15, 0.2) is 6.61 Å². The minimum absolute atomic E-state index is 0.0401. The monoisotopic (exact) mass is 454 g/mol. The van der Waals surface area contributed by atoms with E-state index in [0.717, 1.165) is 29.5 Å². The fourth-order valence-corrected chi connectivity index (χ4v) is 4.04. The van der Waals surface area contributed by atoms with Crippen molar-refractivity contribution >= 4 is 11.8 Å². The maximum atomic E-state index is 13.6. The van der Waals surface area contributed by atoms with Gasteiger partial charge in [-0.05, 0) is 59.7 Å². The lowest BCUT2D eigenvalue weighted by Crippen LogP contribution is -2.45. The predicted octanol–water partition coefficient (Wildman–Crippen LogP) is 4.89. The molecule has 2 aromatic rings. The molecule has 0 aromatic heterocycles. The van der Waals surface area contributed by atoms with Gasteiger partial charge < -0.3 is 15.0 Å². The average molecular weight is 455 g/mol. The van der Waals surface area contributed by atoms with E-state index < -0.39 is 5.41 Å². The van der Waals surface area contributed by atoms with Crippen LogP contribution in [-0.2, 0) is 16.0 Å². The van der Waals surface area contributed by atoms with Crippen LogP contribution >= 0.6 is 0 Å². The van der Waals surface area contributed by atoms with Crippen LogP contribution in [0.15, 0.2) is 42.5 Å². The van der Waals surface area contributed by atoms with E-state index in [2.05, 4.69) is 19.2 Å². The molecule has 2 aromatic carbocycles. The van der Waals surface area contributed by atoms with Crippen LogP contribution in [0, 0.1) is 17.2 Å². The van der Waals surface area contributed by atoms with Crippen molar-refractivity contribution < 1.29 is 18.7 Å². The van der Waals surface area contributed by atoms with Gasteiger partial charge in [0, 0.05) is 18.5 Å². The van der Waals surface area contributed by atoms with Gasteiger partial charge in [0.05, 0.1) is 6.04 Å². The summed E-state index contributed by atoms with van der Waals surface area (Å²) >= 11 is 0. The Morgan fingerprint density at radius 2 is 1.85 bits per heavy atom. The van der Waals surface area contributed by atoms with Crippen LogP contribution in [0.1, 0.15) is 63.8 Å². The molecule has 6 heteroatoms. The molecule has 178 valence electrons. The molecule has 0 radical (unpaired) electrons. The Balaban J connectivity index is 1.86. The third kappa shape index (κ3) is 6.34. The minimum atomic E-state index is -0.544. The standard InChI is InChI=1S/C27H35FN2O3/c1-18(2)12-14-29-24(31)17-33-22-11-8-19-13-15-30(26(32)27(3,4)5)25(23(19)16-22)20-6-9-21(28)10-7-20/h6-11,16,18,25H,12-15,17H2,1-5H3,(H,29,31)/t25-/m1/s1. The molecular formula is C27H35FN2O3. The third-order valence-corrected chi connectivity index (χ3v) is 5.85. The molecule has 0 saturated heterocycles. The van der Waals surface area contributed by atoms with E-state index in [4.69, 9.17) is 4.74 Å². The number of rotatable bonds is 7. The Morgan fingerprint density at radius 3 is 2.48 bits per heavy atom. The summed E-state index contributed by atoms with van der Waals surface area (Å²) in [7, 11) is 0. The number of nitrogens with one attached hydrogen (secondary N) is 1. The van der Waals surface area contributed by atoms with Gasteiger partial charge in [0.25, 0.3) is 5.91 Å². The molecular weight excluding hydrogens is 419 g/mol. The zero-order valence-electron chi connectivity index (χ0n) is 20.3. The number of ether oxygens (including phenoxy) is 1. The number of halogens is 1. The van der Waals surface area contributed by atoms with E-state index in [9.17, 15) is 14.0 Å². The molecule has 1 N–H and O–H groups in total. The summed E-state index contributed by atoms with van der Waals surface area (Å²) in [5.41, 5.74) is 2.37. The SMILES string of the molecule is CC(C)CCNC(=O)COc1ccc2c(c1)[C@@H](c1ccc(F)cc1)N(C(=O)C(C)(C)C)CC2. The van der Waals surface area contributed by atoms with Crippen molar-refractivity contribution in [2.75, 3.05) is 19.7 Å². The maximum absolute atomic E-state index is 13.6. The lowest BCUT2D eigenvalue weighted by molar-refractivity contribution is -0.141. The number of fused-ring (bicyclic) bond motifs is 1. The second-order valence-electron chi connectivity index (χ2n) is 10.1. The van der Waals surface area contributed by atoms with E-state index >= 15 is 0 Å². The summed E-state index contributed by atoms with van der Waals surface area (Å²) in [6, 6.07) is 11.7. The molecule has 1 atom stereocenters. The Morgan fingerprint density at radius 1 is 1.15 bits per heavy atom. The summed E-state index contributed by atoms with van der Waals surface area (Å²) in [6.45, 7) is 11.1. The zero-order chi connectivity index (χ0) is 24.2. The highest BCUT2D eigenvalue weighted by Crippen LogP contribution is 2.39. The molecule has 0 aliphatic carbocycles. The summed E-state index contributed by atoms with van der Waals surface area (Å²) < 4.78 is 19.4. The Labute approximate surface area is 196 Å². The molecule has 3 rings (SSSR count). The van der Waals surface area contributed by atoms with Crippen LogP contribution in [0.25, 0.3) is 0 Å². The van der Waals surface area contributed by atoms with Crippen molar-refractivity contribution in [3.8, 4) is 5.75 Å². The van der Waals surface area contributed by atoms with Gasteiger partial charge in [0.1, 0.15) is 11.6 Å². The Hall–Kier alpha value is -2.89. The maximum Gasteiger partial charge on any atom is 0.257 e. The lowest BCUT2D eigenvalue weighted by Gasteiger charge is -2.41. The van der Waals surface area contributed by atoms with E-state index in [1.165, 1.54) is 12.1 Å². The summed E-state index contributed by atoms with van der Waals surface area (Å²) in [4.78, 5) is 27.3. The van der Waals surface area contributed by atoms with Gasteiger partial charge in [-0.3, -0.25) is 9.59 Å². The van der Waals surface area contributed by atoms with Crippen molar-refractivity contribution in [1.82, 2.24) is 10.2 Å². The van der Waals surface area contributed by atoms with Crippen molar-refractivity contribution in [2.24, 2.45) is 11.3 Å². The van der Waals surface area contributed by atoms with Crippen LogP contribution in [0.5, 0.6) is 5.75 Å². The van der Waals surface area contributed by atoms with Crippen LogP contribution in [-0.4, -0.2) is 36.4 Å². The van der Waals surface area contributed by atoms with E-state index in [1.807, 2.05) is 43.9 Å². The molecule has 1 heterocycles. The number of hydrogen-bond acceptors (Lipinski definition) is 3. The number of carbonyl (C=O) groups is 2. The van der Waals surface area contributed by atoms with Crippen LogP contribution < -0.4 is 10.1 Å². The van der Waals surface area contributed by atoms with Crippen LogP contribution in [0.2, 0.25) is 0 Å². The first-order chi connectivity index (χ1) is 15.6. The second kappa shape index (κ2) is 10.4. The summed E-state index contributed by atoms with van der Waals surface area (Å²) in [6.07, 6.45) is 1.65. The molecule has 0 saturated carbocycles. The molecule has 0 fully saturated rings. The van der Waals surface area contributed by atoms with Crippen LogP contribution in [0.4, 0.5) is 4.39 Å². The quantitative estimate of drug-likeness (QED) is 0.648. The smallest absolute Gasteiger partial charge is 0.257 e. The molecule has 1 aliphatic heterocycles. The average Bonchev–Trinajstić information content (AvgIpc) is 2.76. The third-order valence-electron chi connectivity index (χ3n) is 5.85. The van der Waals surface area contributed by atoms with E-state index in [0.29, 0.717) is 24.8 Å². The highest BCUT2D eigenvalue weighted by molar-refractivity contribution is 5.83. The largest absolute Gasteiger partial charge is 0.484 e. The van der Waals surface area contributed by atoms with Gasteiger partial charge in [-0.1, -0.05) is 52.8 Å². The van der Waals surface area contributed by atoms with Crippen molar-refractivity contribution in [3.63, 3.8) is 0 Å². The number of hydrogen-bond donors (Lipinski definition) is 1. The number of amides is 2. The number of carbonyl (C=O) groups excluding carboxylic acids is 2. The normalized spacial score (nSPS) is 15.8. The van der Waals surface area contributed by atoms with Crippen molar-refractivity contribution in [2.45, 2.75) is 53.5 Å². The number of benzene rings is 2. The molecule has 5 nitrogen and oxygen atoms in total. The lowest BCUT2D eigenvalue weighted by atomic mass is 9.85. The zero-order valence-corrected chi connectivity index (χ0v) is 20.3. The van der Waals surface area contributed by atoms with Gasteiger partial charge in [-0.2, -0.15) is 0 Å².